The van der Waals surface area contributed by atoms with Crippen LogP contribution in [0.4, 0.5) is 11.5 Å². The van der Waals surface area contributed by atoms with Crippen LogP contribution in [0, 0.1) is 13.8 Å². The lowest BCUT2D eigenvalue weighted by Gasteiger charge is -2.13. The molecule has 7 heteroatoms. The van der Waals surface area contributed by atoms with Crippen LogP contribution in [0.15, 0.2) is 55.1 Å². The Balaban J connectivity index is 1.59. The maximum atomic E-state index is 9.28. The van der Waals surface area contributed by atoms with Gasteiger partial charge in [0.1, 0.15) is 23.3 Å². The van der Waals surface area contributed by atoms with E-state index in [-0.39, 0.29) is 6.61 Å². The van der Waals surface area contributed by atoms with Gasteiger partial charge < -0.3 is 19.7 Å². The fraction of sp³-hybridized carbons (Fsp3) is 0.190. The number of ether oxygens (including phenoxy) is 1. The normalized spacial score (nSPS) is 11.0. The molecule has 0 aliphatic heterocycles. The standard InChI is InChI=1S/C21H21N5O2/c1-14-11-16(4-6-19(14)28-17-5-3-15(2)22-12-17)25-21-20-18(23-13-24-21)7-8-26(20)9-10-27/h3-8,11-13,27H,9-10H2,1-2H3,(H,23,24,25). The minimum absolute atomic E-state index is 0.0527. The maximum Gasteiger partial charge on any atom is 0.158 e. The van der Waals surface area contributed by atoms with Crippen LogP contribution in [0.5, 0.6) is 11.5 Å². The molecule has 0 unspecified atom stereocenters. The second-order valence-electron chi connectivity index (χ2n) is 6.53. The number of hydrogen-bond donors (Lipinski definition) is 2. The molecule has 0 aliphatic carbocycles. The fourth-order valence-corrected chi connectivity index (χ4v) is 3.04. The SMILES string of the molecule is Cc1ccc(Oc2ccc(Nc3ncnc4ccn(CCO)c34)cc2C)cn1. The van der Waals surface area contributed by atoms with E-state index in [9.17, 15) is 5.11 Å². The Hall–Kier alpha value is -3.45. The zero-order valence-electron chi connectivity index (χ0n) is 15.8. The minimum atomic E-state index is 0.0527. The van der Waals surface area contributed by atoms with Crippen LogP contribution in [0.3, 0.4) is 0 Å². The van der Waals surface area contributed by atoms with Crippen LogP contribution in [0.2, 0.25) is 0 Å². The highest BCUT2D eigenvalue weighted by molar-refractivity contribution is 5.88. The van der Waals surface area contributed by atoms with Gasteiger partial charge in [-0.3, -0.25) is 4.98 Å². The highest BCUT2D eigenvalue weighted by atomic mass is 16.5. The first kappa shape index (κ1) is 17.9. The number of hydrogen-bond acceptors (Lipinski definition) is 6. The topological polar surface area (TPSA) is 85.1 Å². The average Bonchev–Trinajstić information content (AvgIpc) is 3.10. The van der Waals surface area contributed by atoms with Gasteiger partial charge in [0.2, 0.25) is 0 Å². The van der Waals surface area contributed by atoms with E-state index in [0.29, 0.717) is 18.1 Å². The summed E-state index contributed by atoms with van der Waals surface area (Å²) >= 11 is 0. The molecule has 0 bridgehead atoms. The van der Waals surface area contributed by atoms with Gasteiger partial charge in [-0.1, -0.05) is 0 Å². The molecule has 142 valence electrons. The summed E-state index contributed by atoms with van der Waals surface area (Å²) in [7, 11) is 0. The van der Waals surface area contributed by atoms with Gasteiger partial charge >= 0.3 is 0 Å². The Morgan fingerprint density at radius 3 is 2.71 bits per heavy atom. The summed E-state index contributed by atoms with van der Waals surface area (Å²) in [6.07, 6.45) is 5.15. The van der Waals surface area contributed by atoms with Gasteiger partial charge in [0.25, 0.3) is 0 Å². The van der Waals surface area contributed by atoms with Crippen molar-refractivity contribution in [3.8, 4) is 11.5 Å². The summed E-state index contributed by atoms with van der Waals surface area (Å²) in [6, 6.07) is 11.6. The molecule has 2 N–H and O–H groups in total. The molecule has 0 aliphatic rings. The molecule has 4 aromatic rings. The third kappa shape index (κ3) is 3.65. The summed E-state index contributed by atoms with van der Waals surface area (Å²) in [5.74, 6) is 2.17. The third-order valence-corrected chi connectivity index (χ3v) is 4.44. The number of aliphatic hydroxyl groups excluding tert-OH is 1. The van der Waals surface area contributed by atoms with Crippen molar-refractivity contribution >= 4 is 22.5 Å². The van der Waals surface area contributed by atoms with Gasteiger partial charge in [-0.15, -0.1) is 0 Å². The molecule has 0 spiro atoms. The molecule has 7 nitrogen and oxygen atoms in total. The molecule has 3 heterocycles. The lowest BCUT2D eigenvalue weighted by Crippen LogP contribution is -2.04. The van der Waals surface area contributed by atoms with Gasteiger partial charge in [0.05, 0.1) is 18.3 Å². The second kappa shape index (κ2) is 7.66. The number of anilines is 2. The van der Waals surface area contributed by atoms with Crippen molar-refractivity contribution in [2.24, 2.45) is 0 Å². The molecule has 4 rings (SSSR count). The van der Waals surface area contributed by atoms with E-state index in [1.807, 2.05) is 61.0 Å². The van der Waals surface area contributed by atoms with Crippen LogP contribution in [-0.4, -0.2) is 31.2 Å². The van der Waals surface area contributed by atoms with E-state index >= 15 is 0 Å². The molecule has 0 amide bonds. The number of aryl methyl sites for hydroxylation is 2. The van der Waals surface area contributed by atoms with Crippen LogP contribution in [0.25, 0.3) is 11.0 Å². The Labute approximate surface area is 162 Å². The predicted molar refractivity (Wildman–Crippen MR) is 108 cm³/mol. The average molecular weight is 375 g/mol. The summed E-state index contributed by atoms with van der Waals surface area (Å²) in [5.41, 5.74) is 4.52. The number of aliphatic hydroxyl groups is 1. The summed E-state index contributed by atoms with van der Waals surface area (Å²) < 4.78 is 7.87. The predicted octanol–water partition coefficient (Wildman–Crippen LogP) is 3.97. The molecular weight excluding hydrogens is 354 g/mol. The van der Waals surface area contributed by atoms with Crippen LogP contribution >= 0.6 is 0 Å². The van der Waals surface area contributed by atoms with E-state index in [4.69, 9.17) is 4.74 Å². The van der Waals surface area contributed by atoms with Gasteiger partial charge in [-0.05, 0) is 55.8 Å². The molecule has 0 radical (unpaired) electrons. The monoisotopic (exact) mass is 375 g/mol. The Kier molecular flexibility index (Phi) is 4.90. The van der Waals surface area contributed by atoms with Crippen molar-refractivity contribution in [2.45, 2.75) is 20.4 Å². The summed E-state index contributed by atoms with van der Waals surface area (Å²) in [4.78, 5) is 12.9. The number of benzene rings is 1. The number of aromatic nitrogens is 4. The Bertz CT molecular complexity index is 1110. The van der Waals surface area contributed by atoms with Gasteiger partial charge in [0.15, 0.2) is 5.82 Å². The largest absolute Gasteiger partial charge is 0.455 e. The summed E-state index contributed by atoms with van der Waals surface area (Å²) in [5, 5.41) is 12.6. The van der Waals surface area contributed by atoms with Crippen molar-refractivity contribution in [3.63, 3.8) is 0 Å². The molecule has 0 saturated heterocycles. The molecule has 3 aromatic heterocycles. The molecule has 0 fully saturated rings. The Morgan fingerprint density at radius 1 is 1.07 bits per heavy atom. The zero-order valence-corrected chi connectivity index (χ0v) is 15.8. The van der Waals surface area contributed by atoms with Crippen molar-refractivity contribution in [1.29, 1.82) is 0 Å². The first-order chi connectivity index (χ1) is 13.6. The van der Waals surface area contributed by atoms with E-state index in [1.54, 1.807) is 6.20 Å². The van der Waals surface area contributed by atoms with E-state index < -0.39 is 0 Å². The van der Waals surface area contributed by atoms with E-state index in [0.717, 1.165) is 33.7 Å². The minimum Gasteiger partial charge on any atom is -0.455 e. The maximum absolute atomic E-state index is 9.28. The van der Waals surface area contributed by atoms with Crippen molar-refractivity contribution < 1.29 is 9.84 Å². The van der Waals surface area contributed by atoms with Gasteiger partial charge in [-0.25, -0.2) is 9.97 Å². The first-order valence-electron chi connectivity index (χ1n) is 9.03. The van der Waals surface area contributed by atoms with Crippen molar-refractivity contribution in [2.75, 3.05) is 11.9 Å². The van der Waals surface area contributed by atoms with Gasteiger partial charge in [0, 0.05) is 24.1 Å². The quantitative estimate of drug-likeness (QED) is 0.530. The van der Waals surface area contributed by atoms with E-state index in [1.165, 1.54) is 6.33 Å². The number of pyridine rings is 1. The number of nitrogens with zero attached hydrogens (tertiary/aromatic N) is 4. The molecule has 0 atom stereocenters. The lowest BCUT2D eigenvalue weighted by atomic mass is 10.2. The molecule has 28 heavy (non-hydrogen) atoms. The fourth-order valence-electron chi connectivity index (χ4n) is 3.04. The highest BCUT2D eigenvalue weighted by Crippen LogP contribution is 2.29. The molecule has 1 aromatic carbocycles. The van der Waals surface area contributed by atoms with Crippen LogP contribution in [0.1, 0.15) is 11.3 Å². The second-order valence-corrected chi connectivity index (χ2v) is 6.53. The number of fused-ring (bicyclic) bond motifs is 1. The van der Waals surface area contributed by atoms with Gasteiger partial charge in [-0.2, -0.15) is 0 Å². The number of nitrogens with one attached hydrogen (secondary N) is 1. The van der Waals surface area contributed by atoms with Crippen molar-refractivity contribution in [1.82, 2.24) is 19.5 Å². The molecular formula is C21H21N5O2. The van der Waals surface area contributed by atoms with Crippen molar-refractivity contribution in [3.05, 3.63) is 66.4 Å². The van der Waals surface area contributed by atoms with E-state index in [2.05, 4.69) is 20.3 Å². The zero-order chi connectivity index (χ0) is 19.5. The van der Waals surface area contributed by atoms with Crippen LogP contribution in [-0.2, 0) is 6.54 Å². The van der Waals surface area contributed by atoms with Crippen LogP contribution < -0.4 is 10.1 Å². The number of rotatable bonds is 6. The molecule has 0 saturated carbocycles. The lowest BCUT2D eigenvalue weighted by molar-refractivity contribution is 0.278. The Morgan fingerprint density at radius 2 is 1.96 bits per heavy atom. The highest BCUT2D eigenvalue weighted by Gasteiger charge is 2.10. The summed E-state index contributed by atoms with van der Waals surface area (Å²) in [6.45, 7) is 4.47. The third-order valence-electron chi connectivity index (χ3n) is 4.44. The smallest absolute Gasteiger partial charge is 0.158 e. The first-order valence-corrected chi connectivity index (χ1v) is 9.03.